The fourth-order valence-electron chi connectivity index (χ4n) is 3.46. The summed E-state index contributed by atoms with van der Waals surface area (Å²) in [7, 11) is 0. The molecule has 2 heterocycles. The van der Waals surface area contributed by atoms with Gasteiger partial charge in [0.1, 0.15) is 5.69 Å². The fraction of sp³-hybridized carbons (Fsp3) is 0.688. The maximum Gasteiger partial charge on any atom is 0.274 e. The molecule has 0 radical (unpaired) electrons. The number of hydrogen-bond donors (Lipinski definition) is 2. The van der Waals surface area contributed by atoms with Gasteiger partial charge in [0.15, 0.2) is 5.69 Å². The lowest BCUT2D eigenvalue weighted by molar-refractivity contribution is 0.0673. The van der Waals surface area contributed by atoms with Gasteiger partial charge >= 0.3 is 0 Å². The van der Waals surface area contributed by atoms with Gasteiger partial charge in [0, 0.05) is 25.2 Å². The van der Waals surface area contributed by atoms with Crippen LogP contribution in [0, 0.1) is 0 Å². The Morgan fingerprint density at radius 2 is 2.22 bits per heavy atom. The van der Waals surface area contributed by atoms with Crippen LogP contribution in [0.3, 0.4) is 0 Å². The van der Waals surface area contributed by atoms with Crippen LogP contribution in [0.4, 0.5) is 0 Å². The number of amides is 2. The van der Waals surface area contributed by atoms with E-state index < -0.39 is 6.10 Å². The highest BCUT2D eigenvalue weighted by Gasteiger charge is 2.30. The van der Waals surface area contributed by atoms with Crippen molar-refractivity contribution in [2.75, 3.05) is 13.1 Å². The lowest BCUT2D eigenvalue weighted by Gasteiger charge is -2.28. The Labute approximate surface area is 135 Å². The number of aromatic nitrogens is 2. The lowest BCUT2D eigenvalue weighted by Crippen LogP contribution is -2.39. The molecular weight excluding hydrogens is 296 g/mol. The largest absolute Gasteiger partial charge is 0.389 e. The second-order valence-electron chi connectivity index (χ2n) is 6.40. The monoisotopic (exact) mass is 320 g/mol. The highest BCUT2D eigenvalue weighted by Crippen LogP contribution is 2.25. The van der Waals surface area contributed by atoms with E-state index in [1.54, 1.807) is 6.07 Å². The van der Waals surface area contributed by atoms with E-state index in [4.69, 9.17) is 0 Å². The first-order valence-corrected chi connectivity index (χ1v) is 8.45. The molecule has 0 saturated heterocycles. The molecule has 23 heavy (non-hydrogen) atoms. The second-order valence-corrected chi connectivity index (χ2v) is 6.40. The molecule has 1 aliphatic carbocycles. The Morgan fingerprint density at radius 1 is 1.48 bits per heavy atom. The summed E-state index contributed by atoms with van der Waals surface area (Å²) in [5, 5.41) is 16.7. The number of β-amino-alcohol motifs (C(OH)–C–C–N with tert-alkyl or cyclic N) is 1. The quantitative estimate of drug-likeness (QED) is 0.858. The molecule has 0 bridgehead atoms. The van der Waals surface area contributed by atoms with Crippen LogP contribution >= 0.6 is 0 Å². The second kappa shape index (κ2) is 6.70. The molecule has 7 heteroatoms. The molecule has 2 amide bonds. The van der Waals surface area contributed by atoms with Crippen LogP contribution in [0.15, 0.2) is 6.07 Å². The third kappa shape index (κ3) is 3.24. The summed E-state index contributed by atoms with van der Waals surface area (Å²) < 4.78 is 1.44. The van der Waals surface area contributed by atoms with Crippen LogP contribution < -0.4 is 5.32 Å². The molecule has 1 aromatic heterocycles. The highest BCUT2D eigenvalue weighted by atomic mass is 16.3. The van der Waals surface area contributed by atoms with Crippen molar-refractivity contribution in [2.24, 2.45) is 0 Å². The molecule has 2 aliphatic rings. The van der Waals surface area contributed by atoms with E-state index >= 15 is 0 Å². The maximum atomic E-state index is 12.9. The van der Waals surface area contributed by atoms with Crippen molar-refractivity contribution in [1.29, 1.82) is 0 Å². The smallest absolute Gasteiger partial charge is 0.274 e. The van der Waals surface area contributed by atoms with Crippen LogP contribution in [0.5, 0.6) is 0 Å². The summed E-state index contributed by atoms with van der Waals surface area (Å²) >= 11 is 0. The SMILES string of the molecule is CCCN(C(=O)c1cc2n(n1)CC(O)CNC2=O)C1CCCC1. The Bertz CT molecular complexity index is 592. The minimum atomic E-state index is -0.690. The third-order valence-corrected chi connectivity index (χ3v) is 4.60. The highest BCUT2D eigenvalue weighted by molar-refractivity contribution is 5.98. The van der Waals surface area contributed by atoms with Gasteiger partial charge in [-0.15, -0.1) is 0 Å². The predicted octanol–water partition coefficient (Wildman–Crippen LogP) is 0.782. The summed E-state index contributed by atoms with van der Waals surface area (Å²) in [6.45, 7) is 3.19. The van der Waals surface area contributed by atoms with Crippen molar-refractivity contribution in [3.63, 3.8) is 0 Å². The molecule has 0 aromatic carbocycles. The van der Waals surface area contributed by atoms with E-state index in [1.807, 2.05) is 4.90 Å². The Balaban J connectivity index is 1.85. The zero-order valence-electron chi connectivity index (χ0n) is 13.5. The molecule has 0 spiro atoms. The molecule has 1 fully saturated rings. The van der Waals surface area contributed by atoms with Crippen LogP contribution in [-0.4, -0.2) is 56.8 Å². The number of aliphatic hydroxyl groups is 1. The number of nitrogens with zero attached hydrogens (tertiary/aromatic N) is 3. The van der Waals surface area contributed by atoms with E-state index in [2.05, 4.69) is 17.3 Å². The van der Waals surface area contributed by atoms with Gasteiger partial charge in [0.2, 0.25) is 0 Å². The Morgan fingerprint density at radius 3 is 2.91 bits per heavy atom. The van der Waals surface area contributed by atoms with Gasteiger partial charge in [-0.1, -0.05) is 19.8 Å². The average molecular weight is 320 g/mol. The van der Waals surface area contributed by atoms with Crippen molar-refractivity contribution in [2.45, 2.75) is 57.7 Å². The average Bonchev–Trinajstić information content (AvgIpc) is 3.17. The minimum absolute atomic E-state index is 0.110. The van der Waals surface area contributed by atoms with Gasteiger partial charge in [-0.2, -0.15) is 5.10 Å². The van der Waals surface area contributed by atoms with E-state index in [0.717, 1.165) is 32.1 Å². The Kier molecular flexibility index (Phi) is 4.66. The van der Waals surface area contributed by atoms with Crippen LogP contribution in [0.2, 0.25) is 0 Å². The normalized spacial score (nSPS) is 21.7. The first kappa shape index (κ1) is 16.0. The van der Waals surface area contributed by atoms with E-state index in [9.17, 15) is 14.7 Å². The lowest BCUT2D eigenvalue weighted by atomic mass is 10.2. The molecule has 1 aliphatic heterocycles. The van der Waals surface area contributed by atoms with Crippen molar-refractivity contribution in [3.05, 3.63) is 17.5 Å². The number of nitrogens with one attached hydrogen (secondary N) is 1. The molecule has 1 atom stereocenters. The molecule has 1 aromatic rings. The summed E-state index contributed by atoms with van der Waals surface area (Å²) in [4.78, 5) is 26.8. The van der Waals surface area contributed by atoms with Crippen LogP contribution in [-0.2, 0) is 6.54 Å². The number of carbonyl (C=O) groups excluding carboxylic acids is 2. The first-order valence-electron chi connectivity index (χ1n) is 8.45. The van der Waals surface area contributed by atoms with Crippen LogP contribution in [0.25, 0.3) is 0 Å². The van der Waals surface area contributed by atoms with Gasteiger partial charge in [-0.05, 0) is 19.3 Å². The first-order chi connectivity index (χ1) is 11.1. The number of hydrogen-bond acceptors (Lipinski definition) is 4. The van der Waals surface area contributed by atoms with E-state index in [1.165, 1.54) is 4.68 Å². The summed E-state index contributed by atoms with van der Waals surface area (Å²) in [6, 6.07) is 1.83. The molecule has 7 nitrogen and oxygen atoms in total. The van der Waals surface area contributed by atoms with Gasteiger partial charge in [0.25, 0.3) is 11.8 Å². The third-order valence-electron chi connectivity index (χ3n) is 4.60. The molecule has 2 N–H and O–H groups in total. The fourth-order valence-corrected chi connectivity index (χ4v) is 3.46. The molecule has 3 rings (SSSR count). The topological polar surface area (TPSA) is 87.5 Å². The van der Waals surface area contributed by atoms with Crippen molar-refractivity contribution in [1.82, 2.24) is 20.0 Å². The summed E-state index contributed by atoms with van der Waals surface area (Å²) in [5.41, 5.74) is 0.636. The molecule has 1 unspecified atom stereocenters. The van der Waals surface area contributed by atoms with Gasteiger partial charge in [0.05, 0.1) is 12.6 Å². The molecule has 1 saturated carbocycles. The maximum absolute atomic E-state index is 12.9. The zero-order valence-corrected chi connectivity index (χ0v) is 13.5. The number of carbonyl (C=O) groups is 2. The number of rotatable bonds is 4. The predicted molar refractivity (Wildman–Crippen MR) is 84.2 cm³/mol. The van der Waals surface area contributed by atoms with E-state index in [0.29, 0.717) is 17.9 Å². The van der Waals surface area contributed by atoms with E-state index in [-0.39, 0.29) is 30.9 Å². The molecular formula is C16H24N4O3. The Hall–Kier alpha value is -1.89. The van der Waals surface area contributed by atoms with Crippen LogP contribution in [0.1, 0.15) is 60.0 Å². The summed E-state index contributed by atoms with van der Waals surface area (Å²) in [5.74, 6) is -0.405. The van der Waals surface area contributed by atoms with Crippen molar-refractivity contribution < 1.29 is 14.7 Å². The molecule has 126 valence electrons. The number of fused-ring (bicyclic) bond motifs is 1. The standard InChI is InChI=1S/C16H24N4O3/c1-2-7-19(11-5-3-4-6-11)16(23)13-8-14-15(22)17-9-12(21)10-20(14)18-13/h8,11-12,21H,2-7,9-10H2,1H3,(H,17,22). The van der Waals surface area contributed by atoms with Gasteiger partial charge in [-0.3, -0.25) is 14.3 Å². The summed E-state index contributed by atoms with van der Waals surface area (Å²) in [6.07, 6.45) is 4.61. The number of aliphatic hydroxyl groups excluding tert-OH is 1. The van der Waals surface area contributed by atoms with Crippen molar-refractivity contribution >= 4 is 11.8 Å². The van der Waals surface area contributed by atoms with Gasteiger partial charge < -0.3 is 15.3 Å². The zero-order chi connectivity index (χ0) is 16.4. The minimum Gasteiger partial charge on any atom is -0.389 e. The van der Waals surface area contributed by atoms with Crippen molar-refractivity contribution in [3.8, 4) is 0 Å². The van der Waals surface area contributed by atoms with Gasteiger partial charge in [-0.25, -0.2) is 0 Å².